The van der Waals surface area contributed by atoms with Crippen LogP contribution in [0.5, 0.6) is 0 Å². The summed E-state index contributed by atoms with van der Waals surface area (Å²) in [4.78, 5) is 22.5. The van der Waals surface area contributed by atoms with Crippen LogP contribution in [0.3, 0.4) is 0 Å². The normalized spacial score (nSPS) is 20.3. The Morgan fingerprint density at radius 1 is 1.19 bits per heavy atom. The molecule has 1 atom stereocenters. The van der Waals surface area contributed by atoms with E-state index in [1.807, 2.05) is 31.7 Å². The van der Waals surface area contributed by atoms with Gasteiger partial charge in [0, 0.05) is 54.6 Å². The van der Waals surface area contributed by atoms with Gasteiger partial charge in [0.25, 0.3) is 0 Å². The standard InChI is InChI=1S/C32H48FN3O/c1-8-28(26-17-18-26)30(24(4)36-20-19-35(22-23(36)3)31(37)32(5,6)7)29(34-9-2)16-11-10-13-25-14-12-15-27(33)21-25/h8,12,14-15,21,23,26H,9-11,13,16-20,22H2,1-7H3/b28-8-,30-24+,34-29?/t23-/m0/s1. The lowest BCUT2D eigenvalue weighted by molar-refractivity contribution is -0.142. The summed E-state index contributed by atoms with van der Waals surface area (Å²) in [5.74, 6) is 0.704. The molecule has 2 aliphatic rings. The van der Waals surface area contributed by atoms with Gasteiger partial charge < -0.3 is 9.80 Å². The predicted molar refractivity (Wildman–Crippen MR) is 153 cm³/mol. The van der Waals surface area contributed by atoms with Crippen molar-refractivity contribution in [1.82, 2.24) is 9.80 Å². The molecule has 0 N–H and O–H groups in total. The van der Waals surface area contributed by atoms with Gasteiger partial charge in [0.1, 0.15) is 5.82 Å². The molecule has 1 heterocycles. The largest absolute Gasteiger partial charge is 0.368 e. The number of carbonyl (C=O) groups is 1. The van der Waals surface area contributed by atoms with Gasteiger partial charge in [-0.05, 0) is 95.4 Å². The van der Waals surface area contributed by atoms with Crippen molar-refractivity contribution >= 4 is 11.6 Å². The highest BCUT2D eigenvalue weighted by Crippen LogP contribution is 2.42. The second kappa shape index (κ2) is 12.9. The maximum atomic E-state index is 13.6. The summed E-state index contributed by atoms with van der Waals surface area (Å²) >= 11 is 0. The average Bonchev–Trinajstić information content (AvgIpc) is 3.68. The average molecular weight is 510 g/mol. The third-order valence-corrected chi connectivity index (χ3v) is 7.62. The molecule has 1 aromatic rings. The first-order valence-electron chi connectivity index (χ1n) is 14.3. The lowest BCUT2D eigenvalue weighted by Gasteiger charge is -2.44. The van der Waals surface area contributed by atoms with Gasteiger partial charge in [-0.15, -0.1) is 0 Å². The second-order valence-corrected chi connectivity index (χ2v) is 11.8. The lowest BCUT2D eigenvalue weighted by atomic mass is 9.90. The SMILES string of the molecule is C/C=C(\C(C(CCCCc1cccc(F)c1)=NCC)=C(\C)N1CCN(C(=O)C(C)(C)C)C[C@@H]1C)C1CC1. The molecule has 37 heavy (non-hydrogen) atoms. The molecule has 0 bridgehead atoms. The number of unbranched alkanes of at least 4 members (excludes halogenated alkanes) is 1. The Balaban J connectivity index is 1.81. The number of benzene rings is 1. The number of hydrogen-bond donors (Lipinski definition) is 0. The molecule has 0 unspecified atom stereocenters. The highest BCUT2D eigenvalue weighted by molar-refractivity contribution is 6.04. The number of allylic oxidation sites excluding steroid dienone is 4. The summed E-state index contributed by atoms with van der Waals surface area (Å²) in [5.41, 5.74) is 5.99. The molecule has 3 rings (SSSR count). The van der Waals surface area contributed by atoms with Crippen LogP contribution in [0.25, 0.3) is 0 Å². The second-order valence-electron chi connectivity index (χ2n) is 11.8. The summed E-state index contributed by atoms with van der Waals surface area (Å²) in [5, 5.41) is 0. The highest BCUT2D eigenvalue weighted by atomic mass is 19.1. The number of rotatable bonds is 10. The first kappa shape index (κ1) is 29.1. The number of piperazine rings is 1. The smallest absolute Gasteiger partial charge is 0.228 e. The minimum Gasteiger partial charge on any atom is -0.368 e. The van der Waals surface area contributed by atoms with Crippen LogP contribution in [0.15, 0.2) is 52.2 Å². The van der Waals surface area contributed by atoms with Crippen LogP contribution in [-0.4, -0.2) is 53.6 Å². The first-order valence-corrected chi connectivity index (χ1v) is 14.3. The van der Waals surface area contributed by atoms with Crippen molar-refractivity contribution in [3.63, 3.8) is 0 Å². The van der Waals surface area contributed by atoms with Crippen molar-refractivity contribution in [2.24, 2.45) is 16.3 Å². The fourth-order valence-electron chi connectivity index (χ4n) is 5.61. The lowest BCUT2D eigenvalue weighted by Crippen LogP contribution is -2.55. The Hall–Kier alpha value is -2.43. The van der Waals surface area contributed by atoms with Crippen LogP contribution in [0.4, 0.5) is 4.39 Å². The summed E-state index contributed by atoms with van der Waals surface area (Å²) in [6.07, 6.45) is 8.65. The topological polar surface area (TPSA) is 35.9 Å². The number of hydrogen-bond acceptors (Lipinski definition) is 3. The van der Waals surface area contributed by atoms with Gasteiger partial charge in [0.2, 0.25) is 5.91 Å². The van der Waals surface area contributed by atoms with Crippen LogP contribution in [0.2, 0.25) is 0 Å². The Morgan fingerprint density at radius 3 is 2.49 bits per heavy atom. The van der Waals surface area contributed by atoms with Gasteiger partial charge in [-0.3, -0.25) is 9.79 Å². The quantitative estimate of drug-likeness (QED) is 0.190. The molecular formula is C32H48FN3O. The van der Waals surface area contributed by atoms with E-state index in [4.69, 9.17) is 4.99 Å². The van der Waals surface area contributed by atoms with Crippen molar-refractivity contribution < 1.29 is 9.18 Å². The van der Waals surface area contributed by atoms with E-state index in [9.17, 15) is 9.18 Å². The number of halogens is 1. The molecule has 1 saturated carbocycles. The zero-order valence-corrected chi connectivity index (χ0v) is 24.2. The molecule has 1 aromatic carbocycles. The first-order chi connectivity index (χ1) is 17.6. The Kier molecular flexibility index (Phi) is 10.1. The minimum absolute atomic E-state index is 0.160. The summed E-state index contributed by atoms with van der Waals surface area (Å²) < 4.78 is 13.6. The van der Waals surface area contributed by atoms with Crippen molar-refractivity contribution in [3.8, 4) is 0 Å². The van der Waals surface area contributed by atoms with Crippen LogP contribution in [0.1, 0.15) is 86.1 Å². The summed E-state index contributed by atoms with van der Waals surface area (Å²) in [6.45, 7) is 17.9. The Bertz CT molecular complexity index is 1030. The number of aryl methyl sites for hydroxylation is 1. The van der Waals surface area contributed by atoms with Crippen molar-refractivity contribution in [1.29, 1.82) is 0 Å². The molecule has 0 radical (unpaired) electrons. The molecule has 1 aliphatic heterocycles. The predicted octanol–water partition coefficient (Wildman–Crippen LogP) is 7.21. The fourth-order valence-corrected chi connectivity index (χ4v) is 5.61. The van der Waals surface area contributed by atoms with Gasteiger partial charge in [-0.25, -0.2) is 4.39 Å². The molecule has 1 amide bonds. The fraction of sp³-hybridized carbons (Fsp3) is 0.625. The Labute approximate surface area is 224 Å². The van der Waals surface area contributed by atoms with Crippen LogP contribution in [-0.2, 0) is 11.2 Å². The monoisotopic (exact) mass is 509 g/mol. The molecule has 0 spiro atoms. The molecule has 1 saturated heterocycles. The van der Waals surface area contributed by atoms with Crippen molar-refractivity contribution in [2.75, 3.05) is 26.2 Å². The number of amides is 1. The number of carbonyl (C=O) groups excluding carboxylic acids is 1. The van der Waals surface area contributed by atoms with E-state index >= 15 is 0 Å². The number of nitrogens with zero attached hydrogens (tertiary/aromatic N) is 3. The van der Waals surface area contributed by atoms with Crippen LogP contribution < -0.4 is 0 Å². The van der Waals surface area contributed by atoms with Crippen molar-refractivity contribution in [2.45, 2.75) is 93.0 Å². The third kappa shape index (κ3) is 7.78. The summed E-state index contributed by atoms with van der Waals surface area (Å²) in [6, 6.07) is 7.21. The van der Waals surface area contributed by atoms with E-state index in [0.717, 1.165) is 57.4 Å². The van der Waals surface area contributed by atoms with Gasteiger partial charge in [0.05, 0.1) is 0 Å². The third-order valence-electron chi connectivity index (χ3n) is 7.62. The van der Waals surface area contributed by atoms with E-state index in [0.29, 0.717) is 5.92 Å². The van der Waals surface area contributed by atoms with E-state index in [1.54, 1.807) is 12.1 Å². The van der Waals surface area contributed by atoms with E-state index in [-0.39, 0.29) is 23.2 Å². The van der Waals surface area contributed by atoms with Crippen molar-refractivity contribution in [3.05, 3.63) is 58.6 Å². The van der Waals surface area contributed by atoms with E-state index in [2.05, 4.69) is 38.7 Å². The molecule has 5 heteroatoms. The van der Waals surface area contributed by atoms with Crippen LogP contribution >= 0.6 is 0 Å². The maximum Gasteiger partial charge on any atom is 0.228 e. The molecule has 4 nitrogen and oxygen atoms in total. The van der Waals surface area contributed by atoms with E-state index < -0.39 is 0 Å². The van der Waals surface area contributed by atoms with Gasteiger partial charge >= 0.3 is 0 Å². The zero-order chi connectivity index (χ0) is 27.2. The molecule has 204 valence electrons. The summed E-state index contributed by atoms with van der Waals surface area (Å²) in [7, 11) is 0. The number of aliphatic imine (C=N–C) groups is 1. The van der Waals surface area contributed by atoms with Crippen LogP contribution in [0, 0.1) is 17.2 Å². The Morgan fingerprint density at radius 2 is 1.92 bits per heavy atom. The molecular weight excluding hydrogens is 461 g/mol. The van der Waals surface area contributed by atoms with Gasteiger partial charge in [-0.2, -0.15) is 0 Å². The minimum atomic E-state index is -0.353. The highest BCUT2D eigenvalue weighted by Gasteiger charge is 2.35. The van der Waals surface area contributed by atoms with E-state index in [1.165, 1.54) is 41.5 Å². The maximum absolute atomic E-state index is 13.6. The molecule has 2 fully saturated rings. The zero-order valence-electron chi connectivity index (χ0n) is 24.2. The molecule has 1 aliphatic carbocycles. The van der Waals surface area contributed by atoms with Gasteiger partial charge in [0.15, 0.2) is 0 Å². The van der Waals surface area contributed by atoms with Gasteiger partial charge in [-0.1, -0.05) is 39.0 Å². The molecule has 0 aromatic heterocycles.